The van der Waals surface area contributed by atoms with Crippen molar-refractivity contribution in [2.45, 2.75) is 24.4 Å². The molecule has 0 aromatic carbocycles. The van der Waals surface area contributed by atoms with E-state index in [1.165, 1.54) is 0 Å². The number of carboxylic acids is 1. The van der Waals surface area contributed by atoms with Crippen molar-refractivity contribution in [2.24, 2.45) is 5.73 Å². The summed E-state index contributed by atoms with van der Waals surface area (Å²) in [6.45, 7) is 0.192. The Hall–Kier alpha value is -0.730. The Morgan fingerprint density at radius 2 is 1.87 bits per heavy atom. The average Bonchev–Trinajstić information content (AvgIpc) is 2.27. The standard InChI is InChI=1S/C8H13NO6/c9-1-4-5-6(14-2-12-4)7(8(10)11)15-3-13-5/h4-7H,1-3,9H2,(H,10,11)/t4-,5+,6+,7+/m0/s1. The highest BCUT2D eigenvalue weighted by Crippen LogP contribution is 2.25. The first-order valence-electron chi connectivity index (χ1n) is 4.63. The van der Waals surface area contributed by atoms with Gasteiger partial charge in [-0.3, -0.25) is 0 Å². The van der Waals surface area contributed by atoms with E-state index in [9.17, 15) is 4.79 Å². The molecule has 2 aliphatic rings. The predicted molar refractivity (Wildman–Crippen MR) is 45.9 cm³/mol. The molecule has 7 nitrogen and oxygen atoms in total. The minimum atomic E-state index is -1.06. The molecule has 2 fully saturated rings. The molecule has 0 amide bonds. The zero-order chi connectivity index (χ0) is 10.8. The lowest BCUT2D eigenvalue weighted by Crippen LogP contribution is -2.60. The van der Waals surface area contributed by atoms with Gasteiger partial charge in [0.1, 0.15) is 31.9 Å². The number of nitrogens with two attached hydrogens (primary N) is 1. The fourth-order valence-corrected chi connectivity index (χ4v) is 1.77. The second-order valence-electron chi connectivity index (χ2n) is 3.36. The molecule has 0 spiro atoms. The molecule has 0 radical (unpaired) electrons. The van der Waals surface area contributed by atoms with Gasteiger partial charge in [-0.1, -0.05) is 0 Å². The van der Waals surface area contributed by atoms with Gasteiger partial charge in [-0.2, -0.15) is 0 Å². The number of carbonyl (C=O) groups is 1. The van der Waals surface area contributed by atoms with Crippen LogP contribution >= 0.6 is 0 Å². The number of aliphatic carboxylic acids is 1. The summed E-state index contributed by atoms with van der Waals surface area (Å²) in [5.74, 6) is -1.06. The summed E-state index contributed by atoms with van der Waals surface area (Å²) in [7, 11) is 0. The maximum Gasteiger partial charge on any atom is 0.335 e. The number of rotatable bonds is 2. The van der Waals surface area contributed by atoms with E-state index in [-0.39, 0.29) is 26.2 Å². The lowest BCUT2D eigenvalue weighted by atomic mass is 10.0. The zero-order valence-electron chi connectivity index (χ0n) is 8.00. The number of hydrogen-bond donors (Lipinski definition) is 2. The van der Waals surface area contributed by atoms with Gasteiger partial charge in [0.2, 0.25) is 0 Å². The lowest BCUT2D eigenvalue weighted by Gasteiger charge is -2.42. The van der Waals surface area contributed by atoms with Crippen LogP contribution in [-0.4, -0.2) is 55.6 Å². The largest absolute Gasteiger partial charge is 0.479 e. The maximum atomic E-state index is 10.9. The van der Waals surface area contributed by atoms with Gasteiger partial charge in [-0.15, -0.1) is 0 Å². The Morgan fingerprint density at radius 1 is 1.20 bits per heavy atom. The number of ether oxygens (including phenoxy) is 4. The second kappa shape index (κ2) is 4.42. The Kier molecular flexibility index (Phi) is 3.17. The van der Waals surface area contributed by atoms with Crippen molar-refractivity contribution in [3.05, 3.63) is 0 Å². The lowest BCUT2D eigenvalue weighted by molar-refractivity contribution is -0.317. The van der Waals surface area contributed by atoms with Crippen molar-refractivity contribution in [1.82, 2.24) is 0 Å². The summed E-state index contributed by atoms with van der Waals surface area (Å²) in [6, 6.07) is 0. The first-order chi connectivity index (χ1) is 7.24. The summed E-state index contributed by atoms with van der Waals surface area (Å²) < 4.78 is 20.6. The van der Waals surface area contributed by atoms with E-state index in [1.807, 2.05) is 0 Å². The highest BCUT2D eigenvalue weighted by atomic mass is 16.8. The highest BCUT2D eigenvalue weighted by molar-refractivity contribution is 5.73. The molecular weight excluding hydrogens is 206 g/mol. The van der Waals surface area contributed by atoms with E-state index < -0.39 is 24.3 Å². The molecule has 2 rings (SSSR count). The molecular formula is C8H13NO6. The molecule has 15 heavy (non-hydrogen) atoms. The summed E-state index contributed by atoms with van der Waals surface area (Å²) in [5.41, 5.74) is 5.48. The van der Waals surface area contributed by atoms with Gasteiger partial charge in [0.25, 0.3) is 0 Å². The molecule has 3 N–H and O–H groups in total. The second-order valence-corrected chi connectivity index (χ2v) is 3.36. The van der Waals surface area contributed by atoms with Gasteiger partial charge < -0.3 is 29.8 Å². The van der Waals surface area contributed by atoms with E-state index in [4.69, 9.17) is 29.8 Å². The van der Waals surface area contributed by atoms with Gasteiger partial charge in [0, 0.05) is 6.54 Å². The molecule has 2 heterocycles. The molecule has 7 heteroatoms. The van der Waals surface area contributed by atoms with Crippen LogP contribution in [0.4, 0.5) is 0 Å². The molecule has 0 unspecified atom stereocenters. The first kappa shape index (κ1) is 10.8. The normalized spacial score (nSPS) is 40.9. The van der Waals surface area contributed by atoms with Crippen molar-refractivity contribution in [3.8, 4) is 0 Å². The summed E-state index contributed by atoms with van der Waals surface area (Å²) >= 11 is 0. The molecule has 0 aromatic rings. The van der Waals surface area contributed by atoms with Crippen LogP contribution in [-0.2, 0) is 23.7 Å². The predicted octanol–water partition coefficient (Wildman–Crippen LogP) is -1.49. The van der Waals surface area contributed by atoms with E-state index in [2.05, 4.69) is 0 Å². The SMILES string of the molecule is NC[C@@H]1OCO[C@@H]2[C@@H]1OCO[C@H]2C(=O)O. The molecule has 2 saturated heterocycles. The van der Waals surface area contributed by atoms with Crippen molar-refractivity contribution in [2.75, 3.05) is 20.1 Å². The third kappa shape index (κ3) is 1.97. The Morgan fingerprint density at radius 3 is 2.53 bits per heavy atom. The smallest absolute Gasteiger partial charge is 0.335 e. The van der Waals surface area contributed by atoms with Crippen LogP contribution in [0, 0.1) is 0 Å². The van der Waals surface area contributed by atoms with E-state index in [0.717, 1.165) is 0 Å². The number of fused-ring (bicyclic) bond motifs is 1. The minimum absolute atomic E-state index is 0.0134. The summed E-state index contributed by atoms with van der Waals surface area (Å²) in [6.07, 6.45) is -2.48. The topological polar surface area (TPSA) is 100 Å². The van der Waals surface area contributed by atoms with Crippen LogP contribution in [0.3, 0.4) is 0 Å². The van der Waals surface area contributed by atoms with Crippen LogP contribution < -0.4 is 5.73 Å². The third-order valence-corrected chi connectivity index (χ3v) is 2.52. The Balaban J connectivity index is 2.11. The van der Waals surface area contributed by atoms with E-state index in [0.29, 0.717) is 0 Å². The van der Waals surface area contributed by atoms with Gasteiger partial charge in [0.15, 0.2) is 6.10 Å². The quantitative estimate of drug-likeness (QED) is 0.583. The zero-order valence-corrected chi connectivity index (χ0v) is 8.00. The molecule has 0 bridgehead atoms. The molecule has 2 aliphatic heterocycles. The van der Waals surface area contributed by atoms with Crippen LogP contribution in [0.5, 0.6) is 0 Å². The molecule has 0 aliphatic carbocycles. The highest BCUT2D eigenvalue weighted by Gasteiger charge is 2.46. The minimum Gasteiger partial charge on any atom is -0.479 e. The van der Waals surface area contributed by atoms with E-state index in [1.54, 1.807) is 0 Å². The van der Waals surface area contributed by atoms with Crippen molar-refractivity contribution in [3.63, 3.8) is 0 Å². The van der Waals surface area contributed by atoms with Crippen LogP contribution in [0.15, 0.2) is 0 Å². The van der Waals surface area contributed by atoms with Gasteiger partial charge in [-0.05, 0) is 0 Å². The van der Waals surface area contributed by atoms with Gasteiger partial charge >= 0.3 is 5.97 Å². The monoisotopic (exact) mass is 219 g/mol. The molecule has 4 atom stereocenters. The molecule has 0 aromatic heterocycles. The van der Waals surface area contributed by atoms with Gasteiger partial charge in [-0.25, -0.2) is 4.79 Å². The van der Waals surface area contributed by atoms with Crippen LogP contribution in [0.2, 0.25) is 0 Å². The average molecular weight is 219 g/mol. The fraction of sp³-hybridized carbons (Fsp3) is 0.875. The summed E-state index contributed by atoms with van der Waals surface area (Å²) in [5, 5.41) is 8.90. The molecule has 86 valence electrons. The third-order valence-electron chi connectivity index (χ3n) is 2.52. The first-order valence-corrected chi connectivity index (χ1v) is 4.63. The number of carboxylic acid groups (broad SMARTS) is 1. The Bertz CT molecular complexity index is 247. The van der Waals surface area contributed by atoms with Gasteiger partial charge in [0.05, 0.1) is 0 Å². The number of hydrogen-bond acceptors (Lipinski definition) is 6. The van der Waals surface area contributed by atoms with Crippen LogP contribution in [0.25, 0.3) is 0 Å². The summed E-state index contributed by atoms with van der Waals surface area (Å²) in [4.78, 5) is 10.9. The molecule has 0 saturated carbocycles. The van der Waals surface area contributed by atoms with Crippen molar-refractivity contribution >= 4 is 5.97 Å². The fourth-order valence-electron chi connectivity index (χ4n) is 1.77. The van der Waals surface area contributed by atoms with Crippen molar-refractivity contribution < 1.29 is 28.8 Å². The van der Waals surface area contributed by atoms with Crippen molar-refractivity contribution in [1.29, 1.82) is 0 Å². The van der Waals surface area contributed by atoms with Crippen LogP contribution in [0.1, 0.15) is 0 Å². The maximum absolute atomic E-state index is 10.9. The van der Waals surface area contributed by atoms with E-state index >= 15 is 0 Å². The Labute approximate surface area is 86.0 Å².